The van der Waals surface area contributed by atoms with Crippen molar-refractivity contribution in [3.63, 3.8) is 0 Å². The molecule has 0 aliphatic carbocycles. The van der Waals surface area contributed by atoms with Crippen LogP contribution in [0.15, 0.2) is 42.5 Å². The third-order valence-electron chi connectivity index (χ3n) is 3.77. The molecule has 2 aromatic carbocycles. The molecule has 25 heavy (non-hydrogen) atoms. The van der Waals surface area contributed by atoms with Crippen LogP contribution in [0.1, 0.15) is 23.6 Å². The number of methoxy groups -OCH3 is 3. The van der Waals surface area contributed by atoms with E-state index >= 15 is 0 Å². The van der Waals surface area contributed by atoms with E-state index in [0.29, 0.717) is 29.4 Å². The molecule has 2 rings (SSSR count). The molecule has 0 saturated heterocycles. The molecule has 0 saturated carbocycles. The van der Waals surface area contributed by atoms with Crippen LogP contribution in [0.3, 0.4) is 0 Å². The van der Waals surface area contributed by atoms with Gasteiger partial charge in [0.1, 0.15) is 12.4 Å². The van der Waals surface area contributed by atoms with Gasteiger partial charge in [-0.1, -0.05) is 30.3 Å². The van der Waals surface area contributed by atoms with Crippen molar-refractivity contribution in [2.45, 2.75) is 19.1 Å². The molecular formula is C19H23NO5. The summed E-state index contributed by atoms with van der Waals surface area (Å²) in [6.45, 7) is 0.369. The average Bonchev–Trinajstić information content (AvgIpc) is 2.66. The minimum absolute atomic E-state index is 0.0354. The van der Waals surface area contributed by atoms with Crippen LogP contribution in [0.2, 0.25) is 0 Å². The molecule has 1 atom stereocenters. The minimum Gasteiger partial charge on any atom is -0.493 e. The van der Waals surface area contributed by atoms with E-state index in [-0.39, 0.29) is 6.42 Å². The van der Waals surface area contributed by atoms with Gasteiger partial charge in [0.2, 0.25) is 0 Å². The number of benzene rings is 2. The zero-order chi connectivity index (χ0) is 18.2. The highest BCUT2D eigenvalue weighted by atomic mass is 16.5. The van der Waals surface area contributed by atoms with E-state index in [9.17, 15) is 4.79 Å². The first-order chi connectivity index (χ1) is 12.1. The summed E-state index contributed by atoms with van der Waals surface area (Å²) in [6, 6.07) is 12.6. The second-order valence-corrected chi connectivity index (χ2v) is 5.41. The number of carbonyl (C=O) groups excluding carboxylic acids is 1. The molecule has 0 unspecified atom stereocenters. The standard InChI is InChI=1S/C19H23NO5/c1-22-17-9-14(15(20)10-19(21)24-3)16(11-18(17)23-2)25-12-13-7-5-4-6-8-13/h4-9,11,15H,10,12,20H2,1-3H3/t15-/m0/s1. The van der Waals surface area contributed by atoms with Crippen LogP contribution in [-0.2, 0) is 16.1 Å². The lowest BCUT2D eigenvalue weighted by Crippen LogP contribution is -2.17. The molecule has 0 radical (unpaired) electrons. The Hall–Kier alpha value is -2.73. The first kappa shape index (κ1) is 18.6. The smallest absolute Gasteiger partial charge is 0.307 e. The van der Waals surface area contributed by atoms with Gasteiger partial charge in [-0.2, -0.15) is 0 Å². The SMILES string of the molecule is COC(=O)C[C@H](N)c1cc(OC)c(OC)cc1OCc1ccccc1. The minimum atomic E-state index is -0.585. The Balaban J connectivity index is 2.31. The Morgan fingerprint density at radius 1 is 1.00 bits per heavy atom. The maximum atomic E-state index is 11.6. The van der Waals surface area contributed by atoms with Crippen molar-refractivity contribution < 1.29 is 23.7 Å². The molecule has 0 fully saturated rings. The molecular weight excluding hydrogens is 322 g/mol. The van der Waals surface area contributed by atoms with E-state index in [1.165, 1.54) is 14.2 Å². The van der Waals surface area contributed by atoms with Gasteiger partial charge in [-0.15, -0.1) is 0 Å². The lowest BCUT2D eigenvalue weighted by molar-refractivity contribution is -0.141. The molecule has 0 aromatic heterocycles. The fourth-order valence-corrected chi connectivity index (χ4v) is 2.40. The third-order valence-corrected chi connectivity index (χ3v) is 3.77. The van der Waals surface area contributed by atoms with Crippen molar-refractivity contribution in [1.82, 2.24) is 0 Å². The third kappa shape index (κ3) is 4.87. The lowest BCUT2D eigenvalue weighted by Gasteiger charge is -2.19. The van der Waals surface area contributed by atoms with Crippen LogP contribution in [0.25, 0.3) is 0 Å². The van der Waals surface area contributed by atoms with E-state index in [0.717, 1.165) is 5.56 Å². The average molecular weight is 345 g/mol. The molecule has 0 bridgehead atoms. The summed E-state index contributed by atoms with van der Waals surface area (Å²) in [6.07, 6.45) is 0.0354. The molecule has 134 valence electrons. The number of ether oxygens (including phenoxy) is 4. The molecule has 2 N–H and O–H groups in total. The molecule has 2 aromatic rings. The predicted molar refractivity (Wildman–Crippen MR) is 93.9 cm³/mol. The van der Waals surface area contributed by atoms with Crippen molar-refractivity contribution >= 4 is 5.97 Å². The summed E-state index contributed by atoms with van der Waals surface area (Å²) in [4.78, 5) is 11.6. The van der Waals surface area contributed by atoms with Gasteiger partial charge in [-0.3, -0.25) is 4.79 Å². The van der Waals surface area contributed by atoms with Gasteiger partial charge in [0.05, 0.1) is 27.8 Å². The zero-order valence-corrected chi connectivity index (χ0v) is 14.7. The van der Waals surface area contributed by atoms with Crippen LogP contribution in [0, 0.1) is 0 Å². The number of esters is 1. The van der Waals surface area contributed by atoms with Gasteiger partial charge in [-0.25, -0.2) is 0 Å². The van der Waals surface area contributed by atoms with Gasteiger partial charge in [0.25, 0.3) is 0 Å². The fraction of sp³-hybridized carbons (Fsp3) is 0.316. The highest BCUT2D eigenvalue weighted by Gasteiger charge is 2.20. The van der Waals surface area contributed by atoms with Crippen LogP contribution < -0.4 is 19.9 Å². The van der Waals surface area contributed by atoms with E-state index in [1.807, 2.05) is 30.3 Å². The first-order valence-electron chi connectivity index (χ1n) is 7.84. The van der Waals surface area contributed by atoms with Crippen LogP contribution in [-0.4, -0.2) is 27.3 Å². The Bertz CT molecular complexity index is 702. The summed E-state index contributed by atoms with van der Waals surface area (Å²) in [5.74, 6) is 1.19. The molecule has 0 spiro atoms. The van der Waals surface area contributed by atoms with E-state index in [4.69, 9.17) is 24.7 Å². The second kappa shape index (κ2) is 8.94. The van der Waals surface area contributed by atoms with Gasteiger partial charge < -0.3 is 24.7 Å². The Morgan fingerprint density at radius 3 is 2.24 bits per heavy atom. The van der Waals surface area contributed by atoms with E-state index < -0.39 is 12.0 Å². The monoisotopic (exact) mass is 345 g/mol. The second-order valence-electron chi connectivity index (χ2n) is 5.41. The number of hydrogen-bond acceptors (Lipinski definition) is 6. The number of rotatable bonds is 8. The summed E-state index contributed by atoms with van der Waals surface area (Å²) in [7, 11) is 4.42. The molecule has 6 heteroatoms. The van der Waals surface area contributed by atoms with Crippen molar-refractivity contribution in [2.24, 2.45) is 5.73 Å². The molecule has 0 heterocycles. The Morgan fingerprint density at radius 2 is 1.64 bits per heavy atom. The molecule has 0 aliphatic rings. The largest absolute Gasteiger partial charge is 0.493 e. The quantitative estimate of drug-likeness (QED) is 0.741. The highest BCUT2D eigenvalue weighted by Crippen LogP contribution is 2.38. The maximum Gasteiger partial charge on any atom is 0.307 e. The molecule has 0 amide bonds. The predicted octanol–water partition coefficient (Wildman–Crippen LogP) is 2.85. The van der Waals surface area contributed by atoms with E-state index in [2.05, 4.69) is 0 Å². The van der Waals surface area contributed by atoms with Gasteiger partial charge in [0.15, 0.2) is 11.5 Å². The summed E-state index contributed by atoms with van der Waals surface area (Å²) in [5, 5.41) is 0. The Labute approximate surface area is 147 Å². The highest BCUT2D eigenvalue weighted by molar-refractivity contribution is 5.70. The topological polar surface area (TPSA) is 80.0 Å². The Kier molecular flexibility index (Phi) is 6.65. The number of nitrogens with two attached hydrogens (primary N) is 1. The van der Waals surface area contributed by atoms with E-state index in [1.54, 1.807) is 19.2 Å². The number of hydrogen-bond donors (Lipinski definition) is 1. The van der Waals surface area contributed by atoms with Crippen molar-refractivity contribution in [2.75, 3.05) is 21.3 Å². The maximum absolute atomic E-state index is 11.6. The van der Waals surface area contributed by atoms with Gasteiger partial charge in [0, 0.05) is 17.7 Å². The van der Waals surface area contributed by atoms with Crippen molar-refractivity contribution in [1.29, 1.82) is 0 Å². The van der Waals surface area contributed by atoms with Gasteiger partial charge >= 0.3 is 5.97 Å². The lowest BCUT2D eigenvalue weighted by atomic mass is 10.0. The summed E-state index contributed by atoms with van der Waals surface area (Å²) >= 11 is 0. The summed E-state index contributed by atoms with van der Waals surface area (Å²) in [5.41, 5.74) is 7.85. The van der Waals surface area contributed by atoms with Crippen molar-refractivity contribution in [3.8, 4) is 17.2 Å². The summed E-state index contributed by atoms with van der Waals surface area (Å²) < 4.78 is 21.3. The molecule has 6 nitrogen and oxygen atoms in total. The van der Waals surface area contributed by atoms with Crippen LogP contribution in [0.4, 0.5) is 0 Å². The normalized spacial score (nSPS) is 11.5. The van der Waals surface area contributed by atoms with Crippen LogP contribution in [0.5, 0.6) is 17.2 Å². The van der Waals surface area contributed by atoms with Crippen LogP contribution >= 0.6 is 0 Å². The van der Waals surface area contributed by atoms with Crippen molar-refractivity contribution in [3.05, 3.63) is 53.6 Å². The first-order valence-corrected chi connectivity index (χ1v) is 7.84. The number of carbonyl (C=O) groups is 1. The fourth-order valence-electron chi connectivity index (χ4n) is 2.40. The molecule has 0 aliphatic heterocycles. The zero-order valence-electron chi connectivity index (χ0n) is 14.7. The van der Waals surface area contributed by atoms with Gasteiger partial charge in [-0.05, 0) is 11.6 Å².